The predicted molar refractivity (Wildman–Crippen MR) is 49.8 cm³/mol. The predicted octanol–water partition coefficient (Wildman–Crippen LogP) is 2.14. The van der Waals surface area contributed by atoms with Crippen LogP contribution in [0.3, 0.4) is 0 Å². The molecule has 0 saturated heterocycles. The molecule has 0 N–H and O–H groups in total. The molecule has 62 valence electrons. The second-order valence-corrected chi connectivity index (χ2v) is 2.73. The van der Waals surface area contributed by atoms with Gasteiger partial charge >= 0.3 is 0 Å². The van der Waals surface area contributed by atoms with Gasteiger partial charge in [-0.25, -0.2) is 4.99 Å². The van der Waals surface area contributed by atoms with E-state index in [2.05, 4.69) is 11.7 Å². The highest BCUT2D eigenvalue weighted by Gasteiger charge is 2.08. The van der Waals surface area contributed by atoms with Gasteiger partial charge in [0, 0.05) is 5.56 Å². The van der Waals surface area contributed by atoms with E-state index in [1.54, 1.807) is 0 Å². The van der Waals surface area contributed by atoms with Gasteiger partial charge in [0.1, 0.15) is 0 Å². The summed E-state index contributed by atoms with van der Waals surface area (Å²) in [4.78, 5) is 14.6. The van der Waals surface area contributed by atoms with Crippen LogP contribution in [-0.2, 0) is 0 Å². The van der Waals surface area contributed by atoms with Crippen molar-refractivity contribution in [3.05, 3.63) is 34.9 Å². The van der Waals surface area contributed by atoms with E-state index >= 15 is 0 Å². The molecule has 0 saturated carbocycles. The van der Waals surface area contributed by atoms with Crippen LogP contribution in [0.2, 0.25) is 0 Å². The third-order valence-corrected chi connectivity index (χ3v) is 1.84. The number of carbonyl (C=O) groups excluding carboxylic acids is 1. The van der Waals surface area contributed by atoms with Crippen LogP contribution in [0.25, 0.3) is 0 Å². The van der Waals surface area contributed by atoms with Gasteiger partial charge in [0.05, 0.1) is 0 Å². The van der Waals surface area contributed by atoms with Gasteiger partial charge in [0.25, 0.3) is 5.91 Å². The summed E-state index contributed by atoms with van der Waals surface area (Å²) in [6, 6.07) is 5.71. The van der Waals surface area contributed by atoms with Crippen molar-refractivity contribution < 1.29 is 4.79 Å². The zero-order valence-electron chi connectivity index (χ0n) is 7.29. The normalized spacial score (nSPS) is 9.50. The summed E-state index contributed by atoms with van der Waals surface area (Å²) in [6.07, 6.45) is 0. The maximum Gasteiger partial charge on any atom is 0.276 e. The number of aryl methyl sites for hydroxylation is 2. The summed E-state index contributed by atoms with van der Waals surface area (Å²) in [5, 5.41) is 0. The molecule has 12 heavy (non-hydrogen) atoms. The molecule has 0 spiro atoms. The van der Waals surface area contributed by atoms with Gasteiger partial charge in [-0.15, -0.1) is 0 Å². The van der Waals surface area contributed by atoms with Crippen LogP contribution in [0, 0.1) is 13.8 Å². The van der Waals surface area contributed by atoms with Gasteiger partial charge in [-0.1, -0.05) is 18.2 Å². The molecule has 1 aromatic rings. The first-order chi connectivity index (χ1) is 5.66. The molecule has 0 aliphatic rings. The Morgan fingerprint density at radius 2 is 1.83 bits per heavy atom. The molecule has 0 heterocycles. The van der Waals surface area contributed by atoms with Crippen molar-refractivity contribution in [3.8, 4) is 0 Å². The number of nitrogens with zero attached hydrogens (tertiary/aromatic N) is 1. The van der Waals surface area contributed by atoms with E-state index in [9.17, 15) is 4.79 Å². The minimum atomic E-state index is -0.245. The van der Waals surface area contributed by atoms with Crippen molar-refractivity contribution in [3.63, 3.8) is 0 Å². The fraction of sp³-hybridized carbons (Fsp3) is 0.200. The van der Waals surface area contributed by atoms with Crippen molar-refractivity contribution in [1.29, 1.82) is 0 Å². The lowest BCUT2D eigenvalue weighted by molar-refractivity contribution is 0.100. The SMILES string of the molecule is C=NC(=O)c1c(C)cccc1C. The molecule has 1 amide bonds. The summed E-state index contributed by atoms with van der Waals surface area (Å²) in [5.74, 6) is -0.245. The van der Waals surface area contributed by atoms with Crippen molar-refractivity contribution in [2.24, 2.45) is 4.99 Å². The Morgan fingerprint density at radius 3 is 2.25 bits per heavy atom. The number of amides is 1. The summed E-state index contributed by atoms with van der Waals surface area (Å²) in [7, 11) is 0. The highest BCUT2D eigenvalue weighted by molar-refractivity contribution is 5.99. The minimum absolute atomic E-state index is 0.245. The molecule has 0 aliphatic carbocycles. The van der Waals surface area contributed by atoms with Gasteiger partial charge in [-0.3, -0.25) is 4.79 Å². The smallest absolute Gasteiger partial charge is 0.267 e. The Labute approximate surface area is 71.9 Å². The Balaban J connectivity index is 3.30. The summed E-state index contributed by atoms with van der Waals surface area (Å²) in [6.45, 7) is 7.01. The van der Waals surface area contributed by atoms with Gasteiger partial charge in [0.2, 0.25) is 0 Å². The largest absolute Gasteiger partial charge is 0.276 e. The first kappa shape index (κ1) is 8.65. The Bertz CT molecular complexity index is 308. The zero-order chi connectivity index (χ0) is 9.14. The van der Waals surface area contributed by atoms with Gasteiger partial charge in [-0.2, -0.15) is 0 Å². The minimum Gasteiger partial charge on any atom is -0.267 e. The topological polar surface area (TPSA) is 29.4 Å². The first-order valence-electron chi connectivity index (χ1n) is 3.74. The van der Waals surface area contributed by atoms with Crippen LogP contribution in [0.5, 0.6) is 0 Å². The molecule has 0 fully saturated rings. The Morgan fingerprint density at radius 1 is 1.33 bits per heavy atom. The zero-order valence-corrected chi connectivity index (χ0v) is 7.29. The van der Waals surface area contributed by atoms with E-state index in [1.165, 1.54) is 0 Å². The van der Waals surface area contributed by atoms with E-state index < -0.39 is 0 Å². The molecule has 0 radical (unpaired) electrons. The van der Waals surface area contributed by atoms with E-state index in [4.69, 9.17) is 0 Å². The number of hydrogen-bond acceptors (Lipinski definition) is 1. The third-order valence-electron chi connectivity index (χ3n) is 1.84. The number of hydrogen-bond donors (Lipinski definition) is 0. The molecule has 1 aromatic carbocycles. The molecule has 0 aliphatic heterocycles. The summed E-state index contributed by atoms with van der Waals surface area (Å²) < 4.78 is 0. The lowest BCUT2D eigenvalue weighted by atomic mass is 10.0. The lowest BCUT2D eigenvalue weighted by Crippen LogP contribution is -2.00. The molecular formula is C10H11NO. The highest BCUT2D eigenvalue weighted by Crippen LogP contribution is 2.13. The van der Waals surface area contributed by atoms with E-state index in [-0.39, 0.29) is 5.91 Å². The van der Waals surface area contributed by atoms with Crippen LogP contribution in [0.1, 0.15) is 21.5 Å². The van der Waals surface area contributed by atoms with Gasteiger partial charge in [-0.05, 0) is 31.7 Å². The quantitative estimate of drug-likeness (QED) is 0.580. The number of carbonyl (C=O) groups is 1. The molecule has 0 atom stereocenters. The van der Waals surface area contributed by atoms with Gasteiger partial charge in [0.15, 0.2) is 0 Å². The standard InChI is InChI=1S/C10H11NO/c1-7-5-4-6-8(2)9(7)10(12)11-3/h4-6H,3H2,1-2H3. The maximum atomic E-state index is 11.2. The lowest BCUT2D eigenvalue weighted by Gasteiger charge is -2.03. The highest BCUT2D eigenvalue weighted by atomic mass is 16.1. The van der Waals surface area contributed by atoms with Crippen molar-refractivity contribution >= 4 is 12.6 Å². The fourth-order valence-corrected chi connectivity index (χ4v) is 1.23. The number of aliphatic imine (C=N–C) groups is 1. The molecule has 0 aromatic heterocycles. The number of benzene rings is 1. The van der Waals surface area contributed by atoms with E-state index in [1.807, 2.05) is 32.0 Å². The average Bonchev–Trinajstić information content (AvgIpc) is 2.03. The fourth-order valence-electron chi connectivity index (χ4n) is 1.23. The van der Waals surface area contributed by atoms with Crippen molar-refractivity contribution in [2.75, 3.05) is 0 Å². The molecule has 1 rings (SSSR count). The van der Waals surface area contributed by atoms with Crippen LogP contribution < -0.4 is 0 Å². The summed E-state index contributed by atoms with van der Waals surface area (Å²) in [5.41, 5.74) is 2.58. The maximum absolute atomic E-state index is 11.2. The molecule has 2 heteroatoms. The van der Waals surface area contributed by atoms with Crippen LogP contribution >= 0.6 is 0 Å². The molecule has 2 nitrogen and oxygen atoms in total. The Hall–Kier alpha value is -1.44. The van der Waals surface area contributed by atoms with Crippen LogP contribution in [-0.4, -0.2) is 12.6 Å². The molecule has 0 unspecified atom stereocenters. The van der Waals surface area contributed by atoms with Crippen LogP contribution in [0.4, 0.5) is 0 Å². The van der Waals surface area contributed by atoms with E-state index in [0.29, 0.717) is 5.56 Å². The van der Waals surface area contributed by atoms with Crippen LogP contribution in [0.15, 0.2) is 23.2 Å². The molecular weight excluding hydrogens is 150 g/mol. The van der Waals surface area contributed by atoms with Crippen molar-refractivity contribution in [1.82, 2.24) is 0 Å². The molecule has 0 bridgehead atoms. The second-order valence-electron chi connectivity index (χ2n) is 2.73. The van der Waals surface area contributed by atoms with Gasteiger partial charge < -0.3 is 0 Å². The third kappa shape index (κ3) is 1.42. The first-order valence-corrected chi connectivity index (χ1v) is 3.74. The second kappa shape index (κ2) is 3.30. The monoisotopic (exact) mass is 161 g/mol. The summed E-state index contributed by atoms with van der Waals surface area (Å²) >= 11 is 0. The van der Waals surface area contributed by atoms with E-state index in [0.717, 1.165) is 11.1 Å². The Kier molecular flexibility index (Phi) is 2.38. The number of rotatable bonds is 1. The average molecular weight is 161 g/mol. The van der Waals surface area contributed by atoms with Crippen molar-refractivity contribution in [2.45, 2.75) is 13.8 Å².